The molecule has 1 aliphatic heterocycles. The molecule has 1 aliphatic rings. The number of benzene rings is 4. The lowest BCUT2D eigenvalue weighted by atomic mass is 10.1. The number of hydrogen-bond acceptors (Lipinski definition) is 12. The van der Waals surface area contributed by atoms with Crippen LogP contribution in [0, 0.1) is 6.92 Å². The van der Waals surface area contributed by atoms with Crippen LogP contribution in [-0.4, -0.2) is 113 Å². The first-order chi connectivity index (χ1) is 33.6. The van der Waals surface area contributed by atoms with E-state index in [1.165, 1.54) is 30.8 Å². The van der Waals surface area contributed by atoms with Crippen LogP contribution >= 0.6 is 34.7 Å². The van der Waals surface area contributed by atoms with Gasteiger partial charge in [0.1, 0.15) is 30.2 Å². The number of hydrogen-bond donors (Lipinski definition) is 0. The van der Waals surface area contributed by atoms with Crippen LogP contribution in [-0.2, 0) is 39.8 Å². The van der Waals surface area contributed by atoms with Crippen LogP contribution in [0.15, 0.2) is 131 Å². The molecule has 12 nitrogen and oxygen atoms in total. The Morgan fingerprint density at radius 3 is 1.97 bits per heavy atom. The number of amides is 1. The summed E-state index contributed by atoms with van der Waals surface area (Å²) >= 11 is 10.2. The largest absolute Gasteiger partial charge is 0.491 e. The highest BCUT2D eigenvalue weighted by atomic mass is 35.5. The fourth-order valence-corrected chi connectivity index (χ4v) is 10.3. The zero-order valence-electron chi connectivity index (χ0n) is 41.0. The van der Waals surface area contributed by atoms with Crippen molar-refractivity contribution in [2.75, 3.05) is 127 Å². The second-order valence-corrected chi connectivity index (χ2v) is 18.8. The van der Waals surface area contributed by atoms with E-state index in [0.29, 0.717) is 70.2 Å². The number of rotatable bonds is 28. The minimum atomic E-state index is -0.215. The fraction of sp³-hybridized carbons (Fsp3) is 0.370. The third-order valence-corrected chi connectivity index (χ3v) is 13.5. The number of thiazole rings is 1. The minimum absolute atomic E-state index is 0.123. The number of ether oxygens (including phenoxy) is 6. The molecule has 5 aromatic rings. The molecule has 4 aromatic carbocycles. The summed E-state index contributed by atoms with van der Waals surface area (Å²) in [5.74, 6) is 0.528. The second kappa shape index (κ2) is 27.9. The van der Waals surface area contributed by atoms with Crippen molar-refractivity contribution >= 4 is 85.3 Å². The van der Waals surface area contributed by atoms with E-state index in [0.717, 1.165) is 41.5 Å². The highest BCUT2D eigenvalue weighted by Gasteiger charge is 2.23. The fourth-order valence-electron chi connectivity index (χ4n) is 7.65. The first kappa shape index (κ1) is 53.2. The number of thioether (sulfide) groups is 1. The standard InChI is InChI=1S/C54H67ClN5O7S2/c1-8-58-48-18-10-12-20-50(48)68-53(58)22-14-16-44(17-15-23-54-59(9-2)49-19-11-13-21-51(49)69-54)67-37-36-65-33-32-63-29-28-62-30-31-64-34-35-66-40-52(61)60(42-24-26-46(56(4)5)41(3)38-42)43-25-27-47(57(6)7)45(55)39-43/h10-27,38-39H,8-9,28-37,40H2,1-7H3/q+1. The van der Waals surface area contributed by atoms with Gasteiger partial charge in [-0.15, -0.1) is 0 Å². The molecule has 1 amide bonds. The average molecular weight is 998 g/mol. The van der Waals surface area contributed by atoms with Crippen LogP contribution in [0.1, 0.15) is 24.4 Å². The molecule has 69 heavy (non-hydrogen) atoms. The number of halogens is 1. The first-order valence-electron chi connectivity index (χ1n) is 23.4. The smallest absolute Gasteiger partial charge is 0.262 e. The van der Waals surface area contributed by atoms with Crippen LogP contribution in [0.5, 0.6) is 0 Å². The second-order valence-electron chi connectivity index (χ2n) is 16.2. The number of aryl methyl sites for hydroxylation is 2. The molecule has 0 N–H and O–H groups in total. The Kier molecular flexibility index (Phi) is 21.5. The molecule has 0 radical (unpaired) electrons. The molecular formula is C54H67ClN5O7S2+. The summed E-state index contributed by atoms with van der Waals surface area (Å²) < 4.78 is 38.4. The molecular weight excluding hydrogens is 930 g/mol. The van der Waals surface area contributed by atoms with Gasteiger partial charge in [-0.1, -0.05) is 71.1 Å². The Balaban J connectivity index is 0.858. The van der Waals surface area contributed by atoms with Gasteiger partial charge in [0.25, 0.3) is 10.9 Å². The number of anilines is 5. The third-order valence-electron chi connectivity index (χ3n) is 11.0. The number of carbonyl (C=O) groups excluding carboxylic acids is 1. The lowest BCUT2D eigenvalue weighted by Gasteiger charge is -2.26. The van der Waals surface area contributed by atoms with E-state index in [1.807, 2.05) is 87.4 Å². The molecule has 368 valence electrons. The Bertz CT molecular complexity index is 2500. The topological polar surface area (TPSA) is 89.3 Å². The average Bonchev–Trinajstić information content (AvgIpc) is 3.89. The van der Waals surface area contributed by atoms with Crippen molar-refractivity contribution in [1.29, 1.82) is 0 Å². The van der Waals surface area contributed by atoms with Gasteiger partial charge in [-0.25, -0.2) is 0 Å². The van der Waals surface area contributed by atoms with Crippen molar-refractivity contribution in [3.05, 3.63) is 142 Å². The van der Waals surface area contributed by atoms with Gasteiger partial charge in [-0.3, -0.25) is 9.69 Å². The zero-order chi connectivity index (χ0) is 49.0. The minimum Gasteiger partial charge on any atom is -0.491 e. The number of fused-ring (bicyclic) bond motifs is 2. The molecule has 0 unspecified atom stereocenters. The SMILES string of the molecule is CCN1C(=CC=CC(=CC=Cc2sc3ccccc3[n+]2CC)OCCOCCOCCOCCOCCOCC(=O)N(c2ccc(N(C)C)c(C)c2)c2ccc(N(C)C)c(Cl)c2)Sc2ccccc21. The summed E-state index contributed by atoms with van der Waals surface area (Å²) in [6.07, 6.45) is 12.4. The van der Waals surface area contributed by atoms with E-state index in [4.69, 9.17) is 40.0 Å². The number of aromatic nitrogens is 1. The number of allylic oxidation sites excluding steroid dienone is 5. The van der Waals surface area contributed by atoms with Gasteiger partial charge in [-0.2, -0.15) is 4.57 Å². The van der Waals surface area contributed by atoms with Gasteiger partial charge in [0.15, 0.2) is 0 Å². The monoisotopic (exact) mass is 996 g/mol. The van der Waals surface area contributed by atoms with Gasteiger partial charge in [0, 0.05) is 63.1 Å². The summed E-state index contributed by atoms with van der Waals surface area (Å²) in [6, 6.07) is 28.6. The van der Waals surface area contributed by atoms with Crippen LogP contribution in [0.25, 0.3) is 16.3 Å². The van der Waals surface area contributed by atoms with Gasteiger partial charge < -0.3 is 43.1 Å². The van der Waals surface area contributed by atoms with E-state index in [1.54, 1.807) is 34.1 Å². The van der Waals surface area contributed by atoms with Gasteiger partial charge >= 0.3 is 0 Å². The Morgan fingerprint density at radius 2 is 1.33 bits per heavy atom. The molecule has 6 rings (SSSR count). The predicted molar refractivity (Wildman–Crippen MR) is 286 cm³/mol. The van der Waals surface area contributed by atoms with Crippen LogP contribution < -0.4 is 24.2 Å². The Morgan fingerprint density at radius 1 is 0.725 bits per heavy atom. The first-order valence-corrected chi connectivity index (χ1v) is 25.4. The van der Waals surface area contributed by atoms with Crippen molar-refractivity contribution in [2.24, 2.45) is 0 Å². The molecule has 0 spiro atoms. The molecule has 0 aliphatic carbocycles. The highest BCUT2D eigenvalue weighted by molar-refractivity contribution is 8.03. The molecule has 1 aromatic heterocycles. The number of para-hydroxylation sites is 2. The van der Waals surface area contributed by atoms with Crippen molar-refractivity contribution in [2.45, 2.75) is 32.2 Å². The number of carbonyl (C=O) groups is 1. The van der Waals surface area contributed by atoms with E-state index >= 15 is 0 Å². The zero-order valence-corrected chi connectivity index (χ0v) is 43.4. The Labute approximate surface area is 421 Å². The molecule has 0 saturated heterocycles. The molecule has 0 bridgehead atoms. The van der Waals surface area contributed by atoms with E-state index in [2.05, 4.69) is 96.1 Å². The van der Waals surface area contributed by atoms with Crippen molar-refractivity contribution < 1.29 is 37.8 Å². The summed E-state index contributed by atoms with van der Waals surface area (Å²) in [7, 11) is 7.85. The van der Waals surface area contributed by atoms with Gasteiger partial charge in [-0.05, 0) is 99.2 Å². The molecule has 15 heteroatoms. The predicted octanol–water partition coefficient (Wildman–Crippen LogP) is 10.7. The number of nitrogens with zero attached hydrogens (tertiary/aromatic N) is 5. The van der Waals surface area contributed by atoms with Crippen molar-refractivity contribution in [3.8, 4) is 0 Å². The van der Waals surface area contributed by atoms with Gasteiger partial charge in [0.2, 0.25) is 5.52 Å². The maximum absolute atomic E-state index is 13.6. The highest BCUT2D eigenvalue weighted by Crippen LogP contribution is 2.45. The normalized spacial score (nSPS) is 13.4. The lowest BCUT2D eigenvalue weighted by molar-refractivity contribution is -0.665. The van der Waals surface area contributed by atoms with Crippen LogP contribution in [0.2, 0.25) is 5.02 Å². The van der Waals surface area contributed by atoms with Gasteiger partial charge in [0.05, 0.1) is 86.6 Å². The van der Waals surface area contributed by atoms with Crippen molar-refractivity contribution in [1.82, 2.24) is 0 Å². The summed E-state index contributed by atoms with van der Waals surface area (Å²) in [5.41, 5.74) is 6.86. The van der Waals surface area contributed by atoms with Crippen molar-refractivity contribution in [3.63, 3.8) is 0 Å². The maximum atomic E-state index is 13.6. The quantitative estimate of drug-likeness (QED) is 0.0208. The summed E-state index contributed by atoms with van der Waals surface area (Å²) in [6.45, 7) is 12.0. The Hall–Kier alpha value is -5.16. The maximum Gasteiger partial charge on any atom is 0.262 e. The lowest BCUT2D eigenvalue weighted by Crippen LogP contribution is -2.33. The van der Waals surface area contributed by atoms with E-state index in [9.17, 15) is 4.79 Å². The summed E-state index contributed by atoms with van der Waals surface area (Å²) in [5, 5.41) is 2.92. The third kappa shape index (κ3) is 15.4. The molecule has 0 fully saturated rings. The molecule has 2 heterocycles. The summed E-state index contributed by atoms with van der Waals surface area (Å²) in [4.78, 5) is 22.8. The van der Waals surface area contributed by atoms with Crippen LogP contribution in [0.3, 0.4) is 0 Å². The van der Waals surface area contributed by atoms with Crippen LogP contribution in [0.4, 0.5) is 28.4 Å². The van der Waals surface area contributed by atoms with E-state index in [-0.39, 0.29) is 19.1 Å². The molecule has 0 atom stereocenters. The van der Waals surface area contributed by atoms with E-state index < -0.39 is 0 Å². The molecule has 0 saturated carbocycles.